The van der Waals surface area contributed by atoms with E-state index in [1.165, 1.54) is 48.8 Å². The van der Waals surface area contributed by atoms with Crippen molar-refractivity contribution >= 4 is 82.1 Å². The van der Waals surface area contributed by atoms with Gasteiger partial charge in [0.25, 0.3) is 0 Å². The lowest BCUT2D eigenvalue weighted by Gasteiger charge is -2.26. The van der Waals surface area contributed by atoms with Crippen LogP contribution < -0.4 is 4.90 Å². The molecule has 1 heterocycles. The summed E-state index contributed by atoms with van der Waals surface area (Å²) >= 11 is 0. The van der Waals surface area contributed by atoms with Gasteiger partial charge in [0, 0.05) is 38.8 Å². The van der Waals surface area contributed by atoms with Gasteiger partial charge in [-0.05, 0) is 103 Å². The Morgan fingerprint density at radius 2 is 0.852 bits per heavy atom. The van der Waals surface area contributed by atoms with Crippen LogP contribution in [0.1, 0.15) is 0 Å². The van der Waals surface area contributed by atoms with Gasteiger partial charge in [0.1, 0.15) is 11.2 Å². The fourth-order valence-corrected chi connectivity index (χ4v) is 8.40. The summed E-state index contributed by atoms with van der Waals surface area (Å²) in [7, 11) is 0. The van der Waals surface area contributed by atoms with Gasteiger partial charge in [-0.15, -0.1) is 0 Å². The zero-order chi connectivity index (χ0) is 35.6. The number of anilines is 3. The van der Waals surface area contributed by atoms with Crippen molar-refractivity contribution in [3.05, 3.63) is 200 Å². The topological polar surface area (TPSA) is 16.4 Å². The first-order chi connectivity index (χ1) is 26.8. The molecule has 0 saturated carbocycles. The smallest absolute Gasteiger partial charge is 0.143 e. The monoisotopic (exact) mass is 687 g/mol. The first kappa shape index (κ1) is 30.5. The molecule has 0 fully saturated rings. The quantitative estimate of drug-likeness (QED) is 0.179. The van der Waals surface area contributed by atoms with E-state index in [2.05, 4.69) is 205 Å². The van der Waals surface area contributed by atoms with Crippen molar-refractivity contribution in [2.24, 2.45) is 0 Å². The summed E-state index contributed by atoms with van der Waals surface area (Å²) in [4.78, 5) is 2.36. The second kappa shape index (κ2) is 12.2. The molecule has 0 radical (unpaired) electrons. The molecule has 0 spiro atoms. The largest absolute Gasteiger partial charge is 0.455 e. The van der Waals surface area contributed by atoms with E-state index in [4.69, 9.17) is 4.42 Å². The second-order valence-electron chi connectivity index (χ2n) is 14.1. The maximum Gasteiger partial charge on any atom is 0.143 e. The third-order valence-electron chi connectivity index (χ3n) is 11.0. The molecule has 0 amide bonds. The van der Waals surface area contributed by atoms with Gasteiger partial charge in [0.15, 0.2) is 0 Å². The molecule has 0 unspecified atom stereocenters. The Morgan fingerprint density at radius 1 is 0.296 bits per heavy atom. The van der Waals surface area contributed by atoms with Crippen LogP contribution in [0.5, 0.6) is 0 Å². The number of rotatable bonds is 5. The highest BCUT2D eigenvalue weighted by molar-refractivity contribution is 6.22. The molecule has 0 aliphatic heterocycles. The maximum absolute atomic E-state index is 6.88. The Bertz CT molecular complexity index is 3200. The summed E-state index contributed by atoms with van der Waals surface area (Å²) in [6.07, 6.45) is 0. The number of fused-ring (bicyclic) bond motifs is 8. The molecule has 2 heteroatoms. The lowest BCUT2D eigenvalue weighted by Crippen LogP contribution is -2.09. The van der Waals surface area contributed by atoms with E-state index in [9.17, 15) is 0 Å². The number of furan rings is 1. The average Bonchev–Trinajstić information content (AvgIpc) is 3.62. The number of hydrogen-bond acceptors (Lipinski definition) is 2. The molecule has 11 rings (SSSR count). The minimum absolute atomic E-state index is 0.920. The van der Waals surface area contributed by atoms with Crippen LogP contribution in [-0.2, 0) is 0 Å². The van der Waals surface area contributed by atoms with Crippen LogP contribution in [0, 0.1) is 0 Å². The lowest BCUT2D eigenvalue weighted by molar-refractivity contribution is 0.674. The van der Waals surface area contributed by atoms with Gasteiger partial charge in [-0.25, -0.2) is 0 Å². The molecule has 54 heavy (non-hydrogen) atoms. The molecule has 2 nitrogen and oxygen atoms in total. The van der Waals surface area contributed by atoms with Crippen LogP contribution in [0.3, 0.4) is 0 Å². The number of nitrogens with zero attached hydrogens (tertiary/aromatic N) is 1. The predicted molar refractivity (Wildman–Crippen MR) is 229 cm³/mol. The van der Waals surface area contributed by atoms with Gasteiger partial charge in [-0.2, -0.15) is 0 Å². The van der Waals surface area contributed by atoms with Crippen LogP contribution in [0.2, 0.25) is 0 Å². The summed E-state index contributed by atoms with van der Waals surface area (Å²) < 4.78 is 6.88. The molecule has 0 saturated heterocycles. The first-order valence-corrected chi connectivity index (χ1v) is 18.5. The van der Waals surface area contributed by atoms with Crippen molar-refractivity contribution < 1.29 is 4.42 Å². The normalized spacial score (nSPS) is 11.7. The minimum atomic E-state index is 0.920. The van der Waals surface area contributed by atoms with Crippen molar-refractivity contribution in [2.75, 3.05) is 4.90 Å². The highest BCUT2D eigenvalue weighted by Gasteiger charge is 2.19. The molecule has 0 aliphatic rings. The van der Waals surface area contributed by atoms with E-state index in [1.54, 1.807) is 0 Å². The highest BCUT2D eigenvalue weighted by atomic mass is 16.3. The molecule has 11 aromatic rings. The Morgan fingerprint density at radius 3 is 1.61 bits per heavy atom. The predicted octanol–water partition coefficient (Wildman–Crippen LogP) is 15.0. The van der Waals surface area contributed by atoms with Crippen molar-refractivity contribution in [2.45, 2.75) is 0 Å². The minimum Gasteiger partial charge on any atom is -0.455 e. The second-order valence-corrected chi connectivity index (χ2v) is 14.1. The highest BCUT2D eigenvalue weighted by Crippen LogP contribution is 2.44. The van der Waals surface area contributed by atoms with Crippen LogP contribution in [0.4, 0.5) is 17.1 Å². The van der Waals surface area contributed by atoms with Crippen molar-refractivity contribution in [3.63, 3.8) is 0 Å². The summed E-state index contributed by atoms with van der Waals surface area (Å²) in [6, 6.07) is 72.2. The molecule has 0 N–H and O–H groups in total. The van der Waals surface area contributed by atoms with E-state index in [0.717, 1.165) is 55.5 Å². The van der Waals surface area contributed by atoms with Crippen LogP contribution >= 0.6 is 0 Å². The van der Waals surface area contributed by atoms with Crippen LogP contribution in [0.25, 0.3) is 87.3 Å². The Hall–Kier alpha value is -7.16. The average molecular weight is 688 g/mol. The third-order valence-corrected chi connectivity index (χ3v) is 11.0. The van der Waals surface area contributed by atoms with E-state index in [0.29, 0.717) is 0 Å². The Labute approximate surface area is 312 Å². The Balaban J connectivity index is 1.07. The van der Waals surface area contributed by atoms with Gasteiger partial charge in [-0.1, -0.05) is 152 Å². The maximum atomic E-state index is 6.88. The molecule has 1 aromatic heterocycles. The summed E-state index contributed by atoms with van der Waals surface area (Å²) in [5.74, 6) is 0. The van der Waals surface area contributed by atoms with Crippen molar-refractivity contribution in [3.8, 4) is 22.3 Å². The fourth-order valence-electron chi connectivity index (χ4n) is 8.40. The fraction of sp³-hybridized carbons (Fsp3) is 0. The number of hydrogen-bond donors (Lipinski definition) is 0. The van der Waals surface area contributed by atoms with Crippen molar-refractivity contribution in [1.82, 2.24) is 0 Å². The molecule has 0 atom stereocenters. The lowest BCUT2D eigenvalue weighted by atomic mass is 9.94. The van der Waals surface area contributed by atoms with Gasteiger partial charge in [0.2, 0.25) is 0 Å². The van der Waals surface area contributed by atoms with Crippen LogP contribution in [0.15, 0.2) is 205 Å². The van der Waals surface area contributed by atoms with Crippen molar-refractivity contribution in [1.29, 1.82) is 0 Å². The summed E-state index contributed by atoms with van der Waals surface area (Å²) in [5.41, 5.74) is 9.81. The van der Waals surface area contributed by atoms with Gasteiger partial charge in [-0.3, -0.25) is 0 Å². The first-order valence-electron chi connectivity index (χ1n) is 18.5. The molecular weight excluding hydrogens is 655 g/mol. The van der Waals surface area contributed by atoms with Gasteiger partial charge in [0.05, 0.1) is 0 Å². The van der Waals surface area contributed by atoms with E-state index in [1.807, 2.05) is 0 Å². The number of benzene rings is 10. The van der Waals surface area contributed by atoms with E-state index < -0.39 is 0 Å². The SMILES string of the molecule is c1ccc2cc(N(c3ccc(-c4cccc5ccccc45)cc3)c3ccc(-c4c5ccccc5cc5c4oc4c6ccccc6ccc54)cc3)ccc2c1. The Kier molecular flexibility index (Phi) is 6.90. The van der Waals surface area contributed by atoms with Gasteiger partial charge >= 0.3 is 0 Å². The molecule has 10 aromatic carbocycles. The summed E-state index contributed by atoms with van der Waals surface area (Å²) in [5, 5.41) is 11.9. The van der Waals surface area contributed by atoms with E-state index in [-0.39, 0.29) is 0 Å². The van der Waals surface area contributed by atoms with Crippen LogP contribution in [-0.4, -0.2) is 0 Å². The molecular formula is C52H33NO. The third kappa shape index (κ3) is 4.88. The summed E-state index contributed by atoms with van der Waals surface area (Å²) in [6.45, 7) is 0. The van der Waals surface area contributed by atoms with Gasteiger partial charge < -0.3 is 9.32 Å². The molecule has 252 valence electrons. The molecule has 0 bridgehead atoms. The standard InChI is InChI=1S/C52H33NO/c1-2-13-39-32-43(30-20-34(39)10-1)53(41-26-21-37(22-27-41)45-19-9-15-35-11-3-6-16-44(35)45)42-28-23-38(24-29-42)50-46-17-7-5-14-40(46)33-49-48-31-25-36-12-4-8-18-47(36)51(48)54-52(49)50/h1-33H. The zero-order valence-electron chi connectivity index (χ0n) is 29.4. The zero-order valence-corrected chi connectivity index (χ0v) is 29.4. The van der Waals surface area contributed by atoms with E-state index >= 15 is 0 Å². The molecule has 0 aliphatic carbocycles.